The average molecular weight is 394 g/mol. The molecule has 0 bridgehead atoms. The Morgan fingerprint density at radius 1 is 1.18 bits per heavy atom. The van der Waals surface area contributed by atoms with E-state index < -0.39 is 0 Å². The fourth-order valence-electron chi connectivity index (χ4n) is 2.78. The molecule has 4 rings (SSSR count). The molecule has 0 atom stereocenters. The fraction of sp³-hybridized carbons (Fsp3) is 0.100. The van der Waals surface area contributed by atoms with Crippen molar-refractivity contribution in [1.29, 1.82) is 0 Å². The number of nitrogens with zero attached hydrogens (tertiary/aromatic N) is 4. The van der Waals surface area contributed by atoms with Crippen LogP contribution in [0, 0.1) is 0 Å². The topological polar surface area (TPSA) is 81.9 Å². The number of aromatic nitrogens is 4. The summed E-state index contributed by atoms with van der Waals surface area (Å²) in [5, 5.41) is 0.653. The number of nitrogens with one attached hydrogen (secondary N) is 1. The van der Waals surface area contributed by atoms with Crippen molar-refractivity contribution in [2.24, 2.45) is 0 Å². The third-order valence-electron chi connectivity index (χ3n) is 4.19. The Bertz CT molecular complexity index is 1190. The molecule has 3 heterocycles. The highest BCUT2D eigenvalue weighted by atomic mass is 35.5. The molecule has 8 heteroatoms. The van der Waals surface area contributed by atoms with E-state index in [1.54, 1.807) is 56.0 Å². The standard InChI is InChI=1S/C20H16ClN5O2/c1-28-16-9-14(11-22-12-16)19-25-17-3-2-8-23-18(17)20(27)26(19)24-10-13-4-6-15(21)7-5-13/h2-9,11-12,24H,10H2,1H3. The predicted molar refractivity (Wildman–Crippen MR) is 108 cm³/mol. The SMILES string of the molecule is COc1cncc(-c2nc3cccnc3c(=O)n2NCc2ccc(Cl)cc2)c1. The van der Waals surface area contributed by atoms with Gasteiger partial charge in [0, 0.05) is 23.0 Å². The van der Waals surface area contributed by atoms with E-state index in [1.807, 2.05) is 12.1 Å². The van der Waals surface area contributed by atoms with Crippen LogP contribution in [0.25, 0.3) is 22.4 Å². The summed E-state index contributed by atoms with van der Waals surface area (Å²) in [6.07, 6.45) is 4.80. The van der Waals surface area contributed by atoms with Crippen molar-refractivity contribution >= 4 is 22.6 Å². The van der Waals surface area contributed by atoms with Crippen molar-refractivity contribution < 1.29 is 4.74 Å². The molecule has 0 spiro atoms. The van der Waals surface area contributed by atoms with Gasteiger partial charge in [-0.25, -0.2) is 14.6 Å². The van der Waals surface area contributed by atoms with E-state index in [9.17, 15) is 4.79 Å². The second-order valence-corrected chi connectivity index (χ2v) is 6.46. The zero-order valence-corrected chi connectivity index (χ0v) is 15.7. The first-order valence-electron chi connectivity index (χ1n) is 8.51. The van der Waals surface area contributed by atoms with Crippen molar-refractivity contribution in [3.05, 3.63) is 82.0 Å². The molecule has 7 nitrogen and oxygen atoms in total. The second kappa shape index (κ2) is 7.66. The maximum absolute atomic E-state index is 13.1. The number of pyridine rings is 2. The lowest BCUT2D eigenvalue weighted by molar-refractivity contribution is 0.413. The fourth-order valence-corrected chi connectivity index (χ4v) is 2.91. The molecule has 0 aliphatic carbocycles. The lowest BCUT2D eigenvalue weighted by Crippen LogP contribution is -2.31. The second-order valence-electron chi connectivity index (χ2n) is 6.02. The van der Waals surface area contributed by atoms with Gasteiger partial charge in [-0.1, -0.05) is 23.7 Å². The number of ether oxygens (including phenoxy) is 1. The molecule has 140 valence electrons. The molecule has 1 N–H and O–H groups in total. The number of fused-ring (bicyclic) bond motifs is 1. The normalized spacial score (nSPS) is 10.8. The number of hydrogen-bond acceptors (Lipinski definition) is 6. The summed E-state index contributed by atoms with van der Waals surface area (Å²) in [5.74, 6) is 0.994. The van der Waals surface area contributed by atoms with Gasteiger partial charge in [0.2, 0.25) is 0 Å². The Morgan fingerprint density at radius 3 is 2.79 bits per heavy atom. The molecule has 0 aliphatic heterocycles. The van der Waals surface area contributed by atoms with Crippen LogP contribution >= 0.6 is 11.6 Å². The van der Waals surface area contributed by atoms with E-state index in [0.29, 0.717) is 34.2 Å². The molecule has 0 unspecified atom stereocenters. The first-order chi connectivity index (χ1) is 13.7. The van der Waals surface area contributed by atoms with Crippen molar-refractivity contribution in [2.45, 2.75) is 6.54 Å². The van der Waals surface area contributed by atoms with Crippen LogP contribution in [0.3, 0.4) is 0 Å². The van der Waals surface area contributed by atoms with Crippen LogP contribution in [-0.4, -0.2) is 26.7 Å². The van der Waals surface area contributed by atoms with Crippen LogP contribution in [-0.2, 0) is 6.54 Å². The molecule has 0 fully saturated rings. The van der Waals surface area contributed by atoms with Gasteiger partial charge in [0.05, 0.1) is 25.4 Å². The van der Waals surface area contributed by atoms with E-state index in [0.717, 1.165) is 5.56 Å². The van der Waals surface area contributed by atoms with Gasteiger partial charge < -0.3 is 10.2 Å². The Balaban J connectivity index is 1.83. The molecular weight excluding hydrogens is 378 g/mol. The summed E-state index contributed by atoms with van der Waals surface area (Å²) in [7, 11) is 1.56. The number of methoxy groups -OCH3 is 1. The predicted octanol–water partition coefficient (Wildman–Crippen LogP) is 3.26. The molecule has 0 amide bonds. The van der Waals surface area contributed by atoms with Gasteiger partial charge in [-0.3, -0.25) is 9.78 Å². The van der Waals surface area contributed by atoms with Crippen LogP contribution in [0.2, 0.25) is 5.02 Å². The summed E-state index contributed by atoms with van der Waals surface area (Å²) < 4.78 is 6.64. The highest BCUT2D eigenvalue weighted by molar-refractivity contribution is 6.30. The first-order valence-corrected chi connectivity index (χ1v) is 8.89. The highest BCUT2D eigenvalue weighted by Crippen LogP contribution is 2.21. The van der Waals surface area contributed by atoms with E-state index >= 15 is 0 Å². The summed E-state index contributed by atoms with van der Waals surface area (Å²) >= 11 is 5.94. The number of rotatable bonds is 5. The van der Waals surface area contributed by atoms with Gasteiger partial charge >= 0.3 is 0 Å². The molecule has 0 saturated carbocycles. The lowest BCUT2D eigenvalue weighted by atomic mass is 10.2. The molecule has 0 radical (unpaired) electrons. The smallest absolute Gasteiger partial charge is 0.298 e. The largest absolute Gasteiger partial charge is 0.495 e. The lowest BCUT2D eigenvalue weighted by Gasteiger charge is -2.15. The Kier molecular flexibility index (Phi) is 4.90. The monoisotopic (exact) mass is 393 g/mol. The number of halogens is 1. The van der Waals surface area contributed by atoms with Crippen molar-refractivity contribution in [1.82, 2.24) is 19.6 Å². The quantitative estimate of drug-likeness (QED) is 0.560. The molecule has 0 saturated heterocycles. The first kappa shape index (κ1) is 17.9. The minimum absolute atomic E-state index is 0.283. The minimum atomic E-state index is -0.294. The summed E-state index contributed by atoms with van der Waals surface area (Å²) in [6.45, 7) is 0.404. The molecule has 28 heavy (non-hydrogen) atoms. The maximum atomic E-state index is 13.1. The summed E-state index contributed by atoms with van der Waals surface area (Å²) in [4.78, 5) is 26.1. The zero-order valence-electron chi connectivity index (χ0n) is 15.0. The van der Waals surface area contributed by atoms with Crippen LogP contribution in [0.1, 0.15) is 5.56 Å². The van der Waals surface area contributed by atoms with Crippen LogP contribution in [0.15, 0.2) is 65.8 Å². The van der Waals surface area contributed by atoms with Crippen LogP contribution < -0.4 is 15.7 Å². The minimum Gasteiger partial charge on any atom is -0.495 e. The van der Waals surface area contributed by atoms with Gasteiger partial charge in [0.15, 0.2) is 11.3 Å². The number of hydrogen-bond donors (Lipinski definition) is 1. The van der Waals surface area contributed by atoms with E-state index in [1.165, 1.54) is 4.68 Å². The van der Waals surface area contributed by atoms with Gasteiger partial charge in [-0.05, 0) is 35.9 Å². The molecule has 3 aromatic heterocycles. The van der Waals surface area contributed by atoms with Gasteiger partial charge in [-0.2, -0.15) is 0 Å². The summed E-state index contributed by atoms with van der Waals surface area (Å²) in [6, 6.07) is 12.7. The van der Waals surface area contributed by atoms with Crippen LogP contribution in [0.5, 0.6) is 5.75 Å². The van der Waals surface area contributed by atoms with Gasteiger partial charge in [-0.15, -0.1) is 0 Å². The average Bonchev–Trinajstić information content (AvgIpc) is 2.74. The molecule has 4 aromatic rings. The zero-order chi connectivity index (χ0) is 19.5. The van der Waals surface area contributed by atoms with E-state index in [2.05, 4.69) is 20.4 Å². The van der Waals surface area contributed by atoms with Crippen molar-refractivity contribution in [3.8, 4) is 17.1 Å². The van der Waals surface area contributed by atoms with E-state index in [-0.39, 0.29) is 11.1 Å². The molecule has 0 aliphatic rings. The van der Waals surface area contributed by atoms with Gasteiger partial charge in [0.1, 0.15) is 5.75 Å². The third-order valence-corrected chi connectivity index (χ3v) is 4.44. The summed E-state index contributed by atoms with van der Waals surface area (Å²) in [5.41, 5.74) is 5.24. The molecular formula is C20H16ClN5O2. The third kappa shape index (κ3) is 3.52. The Hall–Kier alpha value is -3.45. The Morgan fingerprint density at radius 2 is 2.00 bits per heavy atom. The van der Waals surface area contributed by atoms with E-state index in [4.69, 9.17) is 16.3 Å². The molecule has 1 aromatic carbocycles. The van der Waals surface area contributed by atoms with Crippen molar-refractivity contribution in [3.63, 3.8) is 0 Å². The Labute approximate surface area is 165 Å². The van der Waals surface area contributed by atoms with Crippen molar-refractivity contribution in [2.75, 3.05) is 12.5 Å². The van der Waals surface area contributed by atoms with Gasteiger partial charge in [0.25, 0.3) is 5.56 Å². The maximum Gasteiger partial charge on any atom is 0.298 e. The highest BCUT2D eigenvalue weighted by Gasteiger charge is 2.14. The number of benzene rings is 1. The van der Waals surface area contributed by atoms with Crippen LogP contribution in [0.4, 0.5) is 0 Å².